The van der Waals surface area contributed by atoms with Crippen LogP contribution in [0, 0.1) is 29.4 Å². The third-order valence-corrected chi connectivity index (χ3v) is 5.33. The van der Waals surface area contributed by atoms with Crippen molar-refractivity contribution in [3.05, 3.63) is 29.8 Å². The molecule has 0 aromatic heterocycles. The highest BCUT2D eigenvalue weighted by atomic mass is 19.2. The number of rotatable bonds is 7. The second-order valence-corrected chi connectivity index (χ2v) is 7.25. The fourth-order valence-electron chi connectivity index (χ4n) is 4.05. The number of nitrogens with one attached hydrogen (secondary N) is 2. The highest BCUT2D eigenvalue weighted by Crippen LogP contribution is 2.49. The minimum absolute atomic E-state index is 0.0745. The van der Waals surface area contributed by atoms with Gasteiger partial charge in [0.25, 0.3) is 5.91 Å². The summed E-state index contributed by atoms with van der Waals surface area (Å²) in [6, 6.07) is 2.93. The van der Waals surface area contributed by atoms with Gasteiger partial charge in [0, 0.05) is 18.2 Å². The Hall–Kier alpha value is -2.51. The standard InChI is InChI=1S/C19H22F2N2O4/c20-15-4-3-14(8-16(15)21)23-17(24)9-22-18(25)10-27-19(26)7-13-6-11-1-2-12(13)5-11/h3-4,8,11-13H,1-2,5-7,9-10H2,(H,22,25)(H,23,24)/t11-,12+,13+/m0/s1. The first kappa shape index (κ1) is 19.3. The highest BCUT2D eigenvalue weighted by Gasteiger charge is 2.40. The molecule has 0 spiro atoms. The van der Waals surface area contributed by atoms with Crippen LogP contribution in [0.25, 0.3) is 0 Å². The molecule has 8 heteroatoms. The number of amides is 2. The lowest BCUT2D eigenvalue weighted by Crippen LogP contribution is -2.35. The molecular formula is C19H22F2N2O4. The SMILES string of the molecule is O=C(COC(=O)C[C@H]1C[C@H]2CC[C@@H]1C2)NCC(=O)Nc1ccc(F)c(F)c1. The molecule has 0 aliphatic heterocycles. The Morgan fingerprint density at radius 3 is 2.56 bits per heavy atom. The molecule has 146 valence electrons. The van der Waals surface area contributed by atoms with Crippen molar-refractivity contribution in [2.75, 3.05) is 18.5 Å². The van der Waals surface area contributed by atoms with E-state index in [0.717, 1.165) is 24.5 Å². The summed E-state index contributed by atoms with van der Waals surface area (Å²) in [5.74, 6) is -2.00. The topological polar surface area (TPSA) is 84.5 Å². The molecule has 0 heterocycles. The van der Waals surface area contributed by atoms with Crippen LogP contribution in [0.4, 0.5) is 14.5 Å². The maximum absolute atomic E-state index is 13.1. The normalized spacial score (nSPS) is 23.1. The largest absolute Gasteiger partial charge is 0.456 e. The van der Waals surface area contributed by atoms with Crippen LogP contribution in [-0.2, 0) is 19.1 Å². The molecule has 3 atom stereocenters. The molecule has 2 saturated carbocycles. The number of fused-ring (bicyclic) bond motifs is 2. The van der Waals surface area contributed by atoms with Crippen LogP contribution in [0.1, 0.15) is 32.1 Å². The fourth-order valence-corrected chi connectivity index (χ4v) is 4.05. The zero-order valence-corrected chi connectivity index (χ0v) is 14.8. The lowest BCUT2D eigenvalue weighted by molar-refractivity contribution is -0.149. The van der Waals surface area contributed by atoms with Gasteiger partial charge in [-0.05, 0) is 49.1 Å². The molecule has 2 aliphatic rings. The molecule has 2 fully saturated rings. The Bertz CT molecular complexity index is 740. The number of anilines is 1. The lowest BCUT2D eigenvalue weighted by atomic mass is 9.86. The summed E-state index contributed by atoms with van der Waals surface area (Å²) in [5.41, 5.74) is 0.0745. The molecule has 2 N–H and O–H groups in total. The Kier molecular flexibility index (Phi) is 6.03. The summed E-state index contributed by atoms with van der Waals surface area (Å²) < 4.78 is 30.9. The quantitative estimate of drug-likeness (QED) is 0.712. The minimum atomic E-state index is -1.08. The molecule has 2 aliphatic carbocycles. The van der Waals surface area contributed by atoms with Crippen molar-refractivity contribution >= 4 is 23.5 Å². The van der Waals surface area contributed by atoms with E-state index >= 15 is 0 Å². The third-order valence-electron chi connectivity index (χ3n) is 5.33. The van der Waals surface area contributed by atoms with E-state index in [-0.39, 0.29) is 12.2 Å². The predicted octanol–water partition coefficient (Wildman–Crippen LogP) is 2.39. The van der Waals surface area contributed by atoms with E-state index in [1.165, 1.54) is 25.3 Å². The van der Waals surface area contributed by atoms with Crippen LogP contribution in [0.3, 0.4) is 0 Å². The lowest BCUT2D eigenvalue weighted by Gasteiger charge is -2.20. The number of hydrogen-bond donors (Lipinski definition) is 2. The first-order valence-corrected chi connectivity index (χ1v) is 9.08. The number of benzene rings is 1. The molecule has 2 amide bonds. The van der Waals surface area contributed by atoms with Gasteiger partial charge in [0.15, 0.2) is 18.2 Å². The van der Waals surface area contributed by atoms with Crippen LogP contribution in [0.5, 0.6) is 0 Å². The van der Waals surface area contributed by atoms with Gasteiger partial charge < -0.3 is 15.4 Å². The Morgan fingerprint density at radius 2 is 1.89 bits per heavy atom. The van der Waals surface area contributed by atoms with E-state index < -0.39 is 36.0 Å². The molecule has 6 nitrogen and oxygen atoms in total. The van der Waals surface area contributed by atoms with Gasteiger partial charge in [0.05, 0.1) is 6.54 Å². The summed E-state index contributed by atoms with van der Waals surface area (Å²) >= 11 is 0. The van der Waals surface area contributed by atoms with E-state index in [1.54, 1.807) is 0 Å². The summed E-state index contributed by atoms with van der Waals surface area (Å²) in [7, 11) is 0. The Morgan fingerprint density at radius 1 is 1.07 bits per heavy atom. The number of esters is 1. The van der Waals surface area contributed by atoms with Crippen molar-refractivity contribution < 1.29 is 27.9 Å². The van der Waals surface area contributed by atoms with Gasteiger partial charge in [0.2, 0.25) is 5.91 Å². The van der Waals surface area contributed by atoms with Gasteiger partial charge in [-0.1, -0.05) is 6.42 Å². The molecule has 27 heavy (non-hydrogen) atoms. The summed E-state index contributed by atoms with van der Waals surface area (Å²) in [5, 5.41) is 4.63. The van der Waals surface area contributed by atoms with Crippen LogP contribution >= 0.6 is 0 Å². The third kappa shape index (κ3) is 5.24. The maximum atomic E-state index is 13.1. The van der Waals surface area contributed by atoms with Crippen molar-refractivity contribution in [2.45, 2.75) is 32.1 Å². The van der Waals surface area contributed by atoms with Crippen LogP contribution in [-0.4, -0.2) is 30.9 Å². The van der Waals surface area contributed by atoms with E-state index in [4.69, 9.17) is 4.74 Å². The van der Waals surface area contributed by atoms with Crippen molar-refractivity contribution in [2.24, 2.45) is 17.8 Å². The molecule has 0 saturated heterocycles. The van der Waals surface area contributed by atoms with Gasteiger partial charge in [-0.2, -0.15) is 0 Å². The predicted molar refractivity (Wildman–Crippen MR) is 92.5 cm³/mol. The van der Waals surface area contributed by atoms with Crippen LogP contribution < -0.4 is 10.6 Å². The Labute approximate surface area is 155 Å². The summed E-state index contributed by atoms with van der Waals surface area (Å²) in [6.45, 7) is -0.820. The number of ether oxygens (including phenoxy) is 1. The first-order chi connectivity index (χ1) is 12.9. The Balaban J connectivity index is 1.32. The number of carbonyl (C=O) groups excluding carboxylic acids is 3. The highest BCUT2D eigenvalue weighted by molar-refractivity contribution is 5.94. The summed E-state index contributed by atoms with van der Waals surface area (Å²) in [4.78, 5) is 35.3. The van der Waals surface area contributed by atoms with Crippen molar-refractivity contribution in [3.63, 3.8) is 0 Å². The van der Waals surface area contributed by atoms with Gasteiger partial charge in [0.1, 0.15) is 0 Å². The summed E-state index contributed by atoms with van der Waals surface area (Å²) in [6.07, 6.45) is 5.04. The maximum Gasteiger partial charge on any atom is 0.306 e. The molecular weight excluding hydrogens is 358 g/mol. The van der Waals surface area contributed by atoms with Gasteiger partial charge in [-0.15, -0.1) is 0 Å². The second kappa shape index (κ2) is 8.45. The van der Waals surface area contributed by atoms with E-state index in [2.05, 4.69) is 10.6 Å². The second-order valence-electron chi connectivity index (χ2n) is 7.25. The molecule has 0 unspecified atom stereocenters. The number of halogens is 2. The van der Waals surface area contributed by atoms with Gasteiger partial charge in [-0.25, -0.2) is 8.78 Å². The van der Waals surface area contributed by atoms with Gasteiger partial charge >= 0.3 is 5.97 Å². The van der Waals surface area contributed by atoms with E-state index in [9.17, 15) is 23.2 Å². The smallest absolute Gasteiger partial charge is 0.306 e. The average Bonchev–Trinajstić information content (AvgIpc) is 3.24. The number of hydrogen-bond acceptors (Lipinski definition) is 4. The average molecular weight is 380 g/mol. The van der Waals surface area contributed by atoms with E-state index in [0.29, 0.717) is 18.3 Å². The fraction of sp³-hybridized carbons (Fsp3) is 0.526. The van der Waals surface area contributed by atoms with E-state index in [1.807, 2.05) is 0 Å². The van der Waals surface area contributed by atoms with Crippen molar-refractivity contribution in [1.82, 2.24) is 5.32 Å². The van der Waals surface area contributed by atoms with Gasteiger partial charge in [-0.3, -0.25) is 14.4 Å². The number of carbonyl (C=O) groups is 3. The van der Waals surface area contributed by atoms with Crippen LogP contribution in [0.15, 0.2) is 18.2 Å². The van der Waals surface area contributed by atoms with Crippen molar-refractivity contribution in [3.8, 4) is 0 Å². The minimum Gasteiger partial charge on any atom is -0.456 e. The molecule has 2 bridgehead atoms. The van der Waals surface area contributed by atoms with Crippen molar-refractivity contribution in [1.29, 1.82) is 0 Å². The first-order valence-electron chi connectivity index (χ1n) is 9.08. The zero-order chi connectivity index (χ0) is 19.4. The molecule has 1 aromatic rings. The molecule has 1 aromatic carbocycles. The van der Waals surface area contributed by atoms with Crippen LogP contribution in [0.2, 0.25) is 0 Å². The zero-order valence-electron chi connectivity index (χ0n) is 14.8. The molecule has 3 rings (SSSR count). The monoisotopic (exact) mass is 380 g/mol. The molecule has 0 radical (unpaired) electrons.